The van der Waals surface area contributed by atoms with E-state index in [1.165, 1.54) is 12.1 Å². The molecule has 0 spiro atoms. The molecule has 0 amide bonds. The molecule has 1 saturated heterocycles. The number of aliphatic hydroxyl groups excluding tert-OH is 1. The molecule has 2 rings (SSSR count). The van der Waals surface area contributed by atoms with Crippen LogP contribution in [0.3, 0.4) is 0 Å². The molecular formula is C12H16Cl3FN2O. The van der Waals surface area contributed by atoms with Crippen LogP contribution < -0.4 is 5.32 Å². The van der Waals surface area contributed by atoms with E-state index in [0.717, 1.165) is 26.2 Å². The van der Waals surface area contributed by atoms with E-state index in [1.807, 2.05) is 4.90 Å². The molecule has 108 valence electrons. The van der Waals surface area contributed by atoms with Crippen molar-refractivity contribution in [2.75, 3.05) is 32.8 Å². The quantitative estimate of drug-likeness (QED) is 0.836. The van der Waals surface area contributed by atoms with E-state index in [4.69, 9.17) is 23.2 Å². The molecule has 7 heteroatoms. The van der Waals surface area contributed by atoms with E-state index in [2.05, 4.69) is 5.32 Å². The molecule has 3 nitrogen and oxygen atoms in total. The Balaban J connectivity index is 0.00000180. The smallest absolute Gasteiger partial charge is 0.129 e. The van der Waals surface area contributed by atoms with E-state index in [-0.39, 0.29) is 29.6 Å². The van der Waals surface area contributed by atoms with Gasteiger partial charge in [-0.3, -0.25) is 4.90 Å². The van der Waals surface area contributed by atoms with Gasteiger partial charge in [0.05, 0.1) is 22.7 Å². The lowest BCUT2D eigenvalue weighted by Crippen LogP contribution is -2.46. The van der Waals surface area contributed by atoms with Crippen LogP contribution in [0.1, 0.15) is 11.6 Å². The molecule has 1 aliphatic heterocycles. The number of piperazine rings is 1. The third-order valence-electron chi connectivity index (χ3n) is 3.18. The van der Waals surface area contributed by atoms with Gasteiger partial charge in [0.1, 0.15) is 5.82 Å². The summed E-state index contributed by atoms with van der Waals surface area (Å²) in [6.45, 7) is 2.94. The van der Waals surface area contributed by atoms with E-state index in [0.29, 0.717) is 5.02 Å². The Morgan fingerprint density at radius 1 is 1.32 bits per heavy atom. The Hall–Kier alpha value is -0.100. The highest BCUT2D eigenvalue weighted by Gasteiger charge is 2.27. The van der Waals surface area contributed by atoms with E-state index in [9.17, 15) is 9.50 Å². The molecule has 19 heavy (non-hydrogen) atoms. The molecule has 0 unspecified atom stereocenters. The molecule has 0 radical (unpaired) electrons. The lowest BCUT2D eigenvalue weighted by Gasteiger charge is -2.34. The Labute approximate surface area is 128 Å². The predicted octanol–water partition coefficient (Wildman–Crippen LogP) is 2.49. The van der Waals surface area contributed by atoms with Gasteiger partial charge in [0.15, 0.2) is 0 Å². The number of nitrogens with one attached hydrogen (secondary N) is 1. The predicted molar refractivity (Wildman–Crippen MR) is 77.9 cm³/mol. The fourth-order valence-electron chi connectivity index (χ4n) is 2.23. The highest BCUT2D eigenvalue weighted by atomic mass is 35.5. The van der Waals surface area contributed by atoms with Gasteiger partial charge in [0.2, 0.25) is 0 Å². The Bertz CT molecular complexity index is 428. The molecule has 0 saturated carbocycles. The zero-order valence-electron chi connectivity index (χ0n) is 10.2. The molecule has 1 fully saturated rings. The van der Waals surface area contributed by atoms with Crippen molar-refractivity contribution >= 4 is 35.6 Å². The summed E-state index contributed by atoms with van der Waals surface area (Å²) in [5, 5.41) is 13.2. The number of benzene rings is 1. The first kappa shape index (κ1) is 17.0. The van der Waals surface area contributed by atoms with Crippen molar-refractivity contribution in [1.29, 1.82) is 0 Å². The Kier molecular flexibility index (Phi) is 6.80. The van der Waals surface area contributed by atoms with E-state index in [1.54, 1.807) is 0 Å². The summed E-state index contributed by atoms with van der Waals surface area (Å²) in [6, 6.07) is 2.27. The van der Waals surface area contributed by atoms with Crippen LogP contribution in [0.25, 0.3) is 0 Å². The fourth-order valence-corrected chi connectivity index (χ4v) is 2.68. The SMILES string of the molecule is Cl.OC[C@H](c1c(F)ccc(Cl)c1Cl)N1CCNCC1. The highest BCUT2D eigenvalue weighted by Crippen LogP contribution is 2.34. The number of nitrogens with zero attached hydrogens (tertiary/aromatic N) is 1. The number of rotatable bonds is 3. The number of hydrogen-bond donors (Lipinski definition) is 2. The van der Waals surface area contributed by atoms with Crippen molar-refractivity contribution < 1.29 is 9.50 Å². The zero-order valence-corrected chi connectivity index (χ0v) is 12.5. The Morgan fingerprint density at radius 3 is 2.53 bits per heavy atom. The molecule has 2 N–H and O–H groups in total. The largest absolute Gasteiger partial charge is 0.394 e. The summed E-state index contributed by atoms with van der Waals surface area (Å²) >= 11 is 12.0. The minimum absolute atomic E-state index is 0. The van der Waals surface area contributed by atoms with Crippen molar-refractivity contribution in [3.05, 3.63) is 33.6 Å². The molecule has 1 aromatic rings. The third kappa shape index (κ3) is 3.72. The van der Waals surface area contributed by atoms with Gasteiger partial charge in [-0.1, -0.05) is 23.2 Å². The van der Waals surface area contributed by atoms with Gasteiger partial charge >= 0.3 is 0 Å². The van der Waals surface area contributed by atoms with E-state index >= 15 is 0 Å². The summed E-state index contributed by atoms with van der Waals surface area (Å²) in [4.78, 5) is 2.01. The number of aliphatic hydroxyl groups is 1. The van der Waals surface area contributed by atoms with Crippen LogP contribution in [0, 0.1) is 5.82 Å². The lowest BCUT2D eigenvalue weighted by atomic mass is 10.0. The third-order valence-corrected chi connectivity index (χ3v) is 4.00. The molecule has 0 aromatic heterocycles. The van der Waals surface area contributed by atoms with Gasteiger partial charge < -0.3 is 10.4 Å². The van der Waals surface area contributed by atoms with Crippen molar-refractivity contribution in [2.24, 2.45) is 0 Å². The second-order valence-corrected chi connectivity index (χ2v) is 5.03. The summed E-state index contributed by atoms with van der Waals surface area (Å²) in [5.74, 6) is -0.429. The molecule has 1 heterocycles. The first-order valence-electron chi connectivity index (χ1n) is 5.84. The number of hydrogen-bond acceptors (Lipinski definition) is 3. The summed E-state index contributed by atoms with van der Waals surface area (Å²) in [5.41, 5.74) is 0.286. The maximum atomic E-state index is 13.9. The second kappa shape index (κ2) is 7.62. The first-order valence-corrected chi connectivity index (χ1v) is 6.59. The van der Waals surface area contributed by atoms with Crippen molar-refractivity contribution in [1.82, 2.24) is 10.2 Å². The standard InChI is InChI=1S/C12H15Cl2FN2O.ClH/c13-8-1-2-9(15)11(12(8)14)10(7-18)17-5-3-16-4-6-17;/h1-2,10,16,18H,3-7H2;1H/t10-;/m1./s1. The summed E-state index contributed by atoms with van der Waals surface area (Å²) < 4.78 is 13.9. The van der Waals surface area contributed by atoms with Gasteiger partial charge in [0, 0.05) is 31.7 Å². The highest BCUT2D eigenvalue weighted by molar-refractivity contribution is 6.42. The van der Waals surface area contributed by atoms with Crippen LogP contribution >= 0.6 is 35.6 Å². The molecule has 0 bridgehead atoms. The molecule has 1 aromatic carbocycles. The summed E-state index contributed by atoms with van der Waals surface area (Å²) in [7, 11) is 0. The topological polar surface area (TPSA) is 35.5 Å². The molecule has 1 atom stereocenters. The van der Waals surface area contributed by atoms with Crippen LogP contribution in [-0.4, -0.2) is 42.8 Å². The average molecular weight is 330 g/mol. The van der Waals surface area contributed by atoms with Gasteiger partial charge in [-0.15, -0.1) is 12.4 Å². The van der Waals surface area contributed by atoms with Gasteiger partial charge in [-0.25, -0.2) is 4.39 Å². The van der Waals surface area contributed by atoms with Crippen molar-refractivity contribution in [3.8, 4) is 0 Å². The number of halogens is 4. The van der Waals surface area contributed by atoms with Crippen LogP contribution in [0.2, 0.25) is 10.0 Å². The minimum atomic E-state index is -0.446. The van der Waals surface area contributed by atoms with Crippen LogP contribution in [-0.2, 0) is 0 Å². The average Bonchev–Trinajstić information content (AvgIpc) is 2.40. The minimum Gasteiger partial charge on any atom is -0.394 e. The van der Waals surface area contributed by atoms with Crippen molar-refractivity contribution in [3.63, 3.8) is 0 Å². The molecule has 1 aliphatic rings. The first-order chi connectivity index (χ1) is 8.65. The lowest BCUT2D eigenvalue weighted by molar-refractivity contribution is 0.108. The second-order valence-electron chi connectivity index (χ2n) is 4.24. The maximum Gasteiger partial charge on any atom is 0.129 e. The van der Waals surface area contributed by atoms with Crippen LogP contribution in [0.15, 0.2) is 12.1 Å². The normalized spacial score (nSPS) is 17.9. The van der Waals surface area contributed by atoms with Gasteiger partial charge in [-0.2, -0.15) is 0 Å². The van der Waals surface area contributed by atoms with Crippen LogP contribution in [0.4, 0.5) is 4.39 Å². The van der Waals surface area contributed by atoms with Crippen molar-refractivity contribution in [2.45, 2.75) is 6.04 Å². The van der Waals surface area contributed by atoms with Crippen LogP contribution in [0.5, 0.6) is 0 Å². The summed E-state index contributed by atoms with van der Waals surface area (Å²) in [6.07, 6.45) is 0. The molecule has 0 aliphatic carbocycles. The maximum absolute atomic E-state index is 13.9. The van der Waals surface area contributed by atoms with Gasteiger partial charge in [0.25, 0.3) is 0 Å². The Morgan fingerprint density at radius 2 is 1.95 bits per heavy atom. The van der Waals surface area contributed by atoms with Gasteiger partial charge in [-0.05, 0) is 12.1 Å². The zero-order chi connectivity index (χ0) is 13.1. The fraction of sp³-hybridized carbons (Fsp3) is 0.500. The van der Waals surface area contributed by atoms with E-state index < -0.39 is 11.9 Å². The monoisotopic (exact) mass is 328 g/mol. The molecular weight excluding hydrogens is 314 g/mol.